The van der Waals surface area contributed by atoms with Gasteiger partial charge >= 0.3 is 0 Å². The number of aryl methyl sites for hydroxylation is 1. The molecule has 6 nitrogen and oxygen atoms in total. The summed E-state index contributed by atoms with van der Waals surface area (Å²) < 4.78 is 3.54. The summed E-state index contributed by atoms with van der Waals surface area (Å²) in [6.45, 7) is 6.01. The summed E-state index contributed by atoms with van der Waals surface area (Å²) in [6.07, 6.45) is 2.44. The van der Waals surface area contributed by atoms with Crippen molar-refractivity contribution in [1.82, 2.24) is 24.1 Å². The highest BCUT2D eigenvalue weighted by Gasteiger charge is 2.22. The largest absolute Gasteiger partial charge is 0.296 e. The lowest BCUT2D eigenvalue weighted by atomic mass is 10.2. The molecule has 1 atom stereocenters. The predicted molar refractivity (Wildman–Crippen MR) is 121 cm³/mol. The molecule has 5 rings (SSSR count). The lowest BCUT2D eigenvalue weighted by Gasteiger charge is -2.12. The van der Waals surface area contributed by atoms with Crippen molar-refractivity contribution in [1.29, 1.82) is 0 Å². The van der Waals surface area contributed by atoms with Gasteiger partial charge < -0.3 is 0 Å². The van der Waals surface area contributed by atoms with Crippen LogP contribution in [0.3, 0.4) is 0 Å². The molecule has 30 heavy (non-hydrogen) atoms. The van der Waals surface area contributed by atoms with Crippen LogP contribution in [0.5, 0.6) is 0 Å². The van der Waals surface area contributed by atoms with Crippen LogP contribution < -0.4 is 5.56 Å². The maximum Gasteiger partial charge on any atom is 0.265 e. The number of fused-ring (bicyclic) bond motifs is 4. The van der Waals surface area contributed by atoms with E-state index in [1.165, 1.54) is 0 Å². The van der Waals surface area contributed by atoms with E-state index in [0.717, 1.165) is 28.7 Å². The number of benzene rings is 2. The fourth-order valence-corrected chi connectivity index (χ4v) is 3.90. The second-order valence-electron chi connectivity index (χ2n) is 7.57. The number of para-hydroxylation sites is 2. The first-order valence-corrected chi connectivity index (χ1v) is 10.3. The number of rotatable bonds is 3. The van der Waals surface area contributed by atoms with Crippen LogP contribution in [0.25, 0.3) is 38.9 Å². The first kappa shape index (κ1) is 18.8. The van der Waals surface area contributed by atoms with Crippen molar-refractivity contribution in [2.45, 2.75) is 33.2 Å². The Morgan fingerprint density at radius 3 is 2.50 bits per heavy atom. The van der Waals surface area contributed by atoms with E-state index in [2.05, 4.69) is 4.98 Å². The predicted octanol–water partition coefficient (Wildman–Crippen LogP) is 5.22. The smallest absolute Gasteiger partial charge is 0.265 e. The van der Waals surface area contributed by atoms with Crippen molar-refractivity contribution >= 4 is 44.8 Å². The van der Waals surface area contributed by atoms with E-state index in [1.807, 2.05) is 67.8 Å². The second-order valence-corrected chi connectivity index (χ2v) is 7.97. The van der Waals surface area contributed by atoms with E-state index in [-0.39, 0.29) is 11.6 Å². The van der Waals surface area contributed by atoms with Gasteiger partial charge in [-0.05, 0) is 50.1 Å². The highest BCUT2D eigenvalue weighted by atomic mass is 35.5. The molecule has 2 aromatic carbocycles. The van der Waals surface area contributed by atoms with Gasteiger partial charge in [-0.2, -0.15) is 0 Å². The van der Waals surface area contributed by atoms with Gasteiger partial charge in [0.05, 0.1) is 16.7 Å². The second kappa shape index (κ2) is 6.92. The monoisotopic (exact) mass is 417 g/mol. The minimum Gasteiger partial charge on any atom is -0.296 e. The highest BCUT2D eigenvalue weighted by Crippen LogP contribution is 2.30. The third-order valence-electron chi connectivity index (χ3n) is 5.67. The van der Waals surface area contributed by atoms with Gasteiger partial charge in [-0.25, -0.2) is 15.0 Å². The topological polar surface area (TPSA) is 65.6 Å². The number of hydrogen-bond acceptors (Lipinski definition) is 4. The fraction of sp³-hybridized carbons (Fsp3) is 0.217. The third-order valence-corrected chi connectivity index (χ3v) is 6.08. The standard InChI is InChI=1S/C23H20ClN5O/c1-4-14(3)28-12-25-21-19(23(28)30)20-22(27-18-8-6-5-7-17(18)26-20)29(21)15-10-9-13(2)16(24)11-15/h5-12,14H,4H2,1-3H3. The van der Waals surface area contributed by atoms with E-state index in [0.29, 0.717) is 27.2 Å². The van der Waals surface area contributed by atoms with Crippen LogP contribution >= 0.6 is 11.6 Å². The Morgan fingerprint density at radius 1 is 1.07 bits per heavy atom. The van der Waals surface area contributed by atoms with Gasteiger partial charge in [-0.3, -0.25) is 13.9 Å². The van der Waals surface area contributed by atoms with Gasteiger partial charge in [0.1, 0.15) is 17.2 Å². The molecule has 0 aliphatic rings. The van der Waals surface area contributed by atoms with Crippen molar-refractivity contribution in [3.05, 3.63) is 69.7 Å². The van der Waals surface area contributed by atoms with Gasteiger partial charge in [0.25, 0.3) is 5.56 Å². The summed E-state index contributed by atoms with van der Waals surface area (Å²) in [5, 5.41) is 1.12. The molecule has 3 heterocycles. The van der Waals surface area contributed by atoms with Crippen LogP contribution in [-0.2, 0) is 0 Å². The van der Waals surface area contributed by atoms with E-state index in [9.17, 15) is 4.79 Å². The molecule has 150 valence electrons. The average Bonchev–Trinajstić information content (AvgIpc) is 3.07. The first-order chi connectivity index (χ1) is 14.5. The maximum atomic E-state index is 13.5. The van der Waals surface area contributed by atoms with Crippen molar-refractivity contribution in [3.8, 4) is 5.69 Å². The van der Waals surface area contributed by atoms with E-state index < -0.39 is 0 Å². The van der Waals surface area contributed by atoms with E-state index in [1.54, 1.807) is 10.9 Å². The molecule has 0 aliphatic heterocycles. The summed E-state index contributed by atoms with van der Waals surface area (Å²) in [5.41, 5.74) is 4.84. The molecule has 7 heteroatoms. The zero-order chi connectivity index (χ0) is 21.0. The van der Waals surface area contributed by atoms with Gasteiger partial charge in [0.2, 0.25) is 0 Å². The summed E-state index contributed by atoms with van der Waals surface area (Å²) in [7, 11) is 0. The molecule has 0 radical (unpaired) electrons. The van der Waals surface area contributed by atoms with Crippen LogP contribution in [0.4, 0.5) is 0 Å². The lowest BCUT2D eigenvalue weighted by Crippen LogP contribution is -2.23. The van der Waals surface area contributed by atoms with Crippen LogP contribution in [0.1, 0.15) is 31.9 Å². The molecule has 0 saturated carbocycles. The van der Waals surface area contributed by atoms with Gasteiger partial charge in [-0.15, -0.1) is 0 Å². The minimum atomic E-state index is -0.110. The van der Waals surface area contributed by atoms with Crippen molar-refractivity contribution in [2.75, 3.05) is 0 Å². The van der Waals surface area contributed by atoms with Gasteiger partial charge in [0.15, 0.2) is 11.3 Å². The summed E-state index contributed by atoms with van der Waals surface area (Å²) in [5.74, 6) is 0. The summed E-state index contributed by atoms with van der Waals surface area (Å²) >= 11 is 6.41. The highest BCUT2D eigenvalue weighted by molar-refractivity contribution is 6.31. The molecule has 0 saturated heterocycles. The Morgan fingerprint density at radius 2 is 1.80 bits per heavy atom. The lowest BCUT2D eigenvalue weighted by molar-refractivity contribution is 0.510. The average molecular weight is 418 g/mol. The molecule has 3 aromatic heterocycles. The SMILES string of the molecule is CCC(C)n1cnc2c(c1=O)c1nc3ccccc3nc1n2-c1ccc(C)c(Cl)c1. The maximum absolute atomic E-state index is 13.5. The van der Waals surface area contributed by atoms with Crippen LogP contribution in [0, 0.1) is 6.92 Å². The molecule has 1 unspecified atom stereocenters. The van der Waals surface area contributed by atoms with Crippen molar-refractivity contribution in [2.24, 2.45) is 0 Å². The molecule has 0 fully saturated rings. The summed E-state index contributed by atoms with van der Waals surface area (Å²) in [4.78, 5) is 27.8. The van der Waals surface area contributed by atoms with E-state index >= 15 is 0 Å². The molecule has 0 aliphatic carbocycles. The first-order valence-electron chi connectivity index (χ1n) is 9.94. The summed E-state index contributed by atoms with van der Waals surface area (Å²) in [6, 6.07) is 13.5. The Hall–Kier alpha value is -3.25. The number of nitrogens with zero attached hydrogens (tertiary/aromatic N) is 5. The van der Waals surface area contributed by atoms with Crippen LogP contribution in [-0.4, -0.2) is 24.1 Å². The fourth-order valence-electron chi connectivity index (χ4n) is 3.73. The number of aromatic nitrogens is 5. The molecule has 0 spiro atoms. The van der Waals surface area contributed by atoms with Crippen LogP contribution in [0.15, 0.2) is 53.6 Å². The molecule has 5 aromatic rings. The Bertz CT molecular complexity index is 1500. The van der Waals surface area contributed by atoms with Crippen molar-refractivity contribution in [3.63, 3.8) is 0 Å². The Labute approximate surface area is 177 Å². The third kappa shape index (κ3) is 2.71. The quantitative estimate of drug-likeness (QED) is 0.404. The zero-order valence-electron chi connectivity index (χ0n) is 16.9. The molecule has 0 bridgehead atoms. The number of halogens is 1. The number of hydrogen-bond donors (Lipinski definition) is 0. The molecule has 0 N–H and O–H groups in total. The van der Waals surface area contributed by atoms with Gasteiger partial charge in [-0.1, -0.05) is 36.7 Å². The molecule has 0 amide bonds. The molecular formula is C23H20ClN5O. The van der Waals surface area contributed by atoms with Crippen molar-refractivity contribution < 1.29 is 0 Å². The normalized spacial score (nSPS) is 12.8. The van der Waals surface area contributed by atoms with E-state index in [4.69, 9.17) is 21.6 Å². The molecular weight excluding hydrogens is 398 g/mol. The van der Waals surface area contributed by atoms with Crippen LogP contribution in [0.2, 0.25) is 5.02 Å². The zero-order valence-corrected chi connectivity index (χ0v) is 17.7. The van der Waals surface area contributed by atoms with Gasteiger partial charge in [0, 0.05) is 11.1 Å². The Balaban J connectivity index is 1.98. The minimum absolute atomic E-state index is 0.0371. The Kier molecular flexibility index (Phi) is 4.33.